The maximum absolute atomic E-state index is 8.07. The zero-order valence-electron chi connectivity index (χ0n) is 26.1. The monoisotopic (exact) mass is 675 g/mol. The minimum atomic E-state index is -3.67. The molecule has 1 fully saturated rings. The summed E-state index contributed by atoms with van der Waals surface area (Å²) in [5, 5.41) is 5.25. The molecule has 1 saturated heterocycles. The first-order chi connectivity index (χ1) is 21.9. The van der Waals surface area contributed by atoms with E-state index >= 15 is 0 Å². The molecular formula is C35H35O5Si5. The van der Waals surface area contributed by atoms with Gasteiger partial charge in [0.2, 0.25) is 0 Å². The molecule has 0 aromatic heterocycles. The van der Waals surface area contributed by atoms with Crippen molar-refractivity contribution in [1.29, 1.82) is 0 Å². The maximum Gasteiger partial charge on any atom is 0.413 e. The lowest BCUT2D eigenvalue weighted by molar-refractivity contribution is 0.304. The van der Waals surface area contributed by atoms with Crippen LogP contribution < -0.4 is 25.9 Å². The Labute approximate surface area is 275 Å². The third-order valence-corrected chi connectivity index (χ3v) is 21.8. The lowest BCUT2D eigenvalue weighted by Gasteiger charge is -2.44. The summed E-state index contributed by atoms with van der Waals surface area (Å²) in [6, 6.07) is 42.1. The molecule has 5 aromatic carbocycles. The first-order valence-electron chi connectivity index (χ1n) is 14.9. The molecule has 10 heteroatoms. The van der Waals surface area contributed by atoms with Crippen LogP contribution in [-0.2, 0) is 20.6 Å². The molecular weight excluding hydrogens is 641 g/mol. The summed E-state index contributed by atoms with van der Waals surface area (Å²) in [5.74, 6) is 0. The van der Waals surface area contributed by atoms with Crippen molar-refractivity contribution in [2.24, 2.45) is 0 Å². The highest BCUT2D eigenvalue weighted by atomic mass is 28.5. The summed E-state index contributed by atoms with van der Waals surface area (Å²) in [4.78, 5) is 0. The molecule has 5 nitrogen and oxygen atoms in total. The summed E-state index contributed by atoms with van der Waals surface area (Å²) < 4.78 is 35.5. The average Bonchev–Trinajstić information content (AvgIpc) is 3.04. The van der Waals surface area contributed by atoms with Gasteiger partial charge in [-0.1, -0.05) is 121 Å². The topological polar surface area (TPSA) is 46.2 Å². The Morgan fingerprint density at radius 2 is 0.867 bits per heavy atom. The Morgan fingerprint density at radius 3 is 1.31 bits per heavy atom. The van der Waals surface area contributed by atoms with E-state index in [9.17, 15) is 0 Å². The molecule has 6 rings (SSSR count). The van der Waals surface area contributed by atoms with Gasteiger partial charge in [0.1, 0.15) is 0 Å². The van der Waals surface area contributed by atoms with Crippen molar-refractivity contribution in [3.8, 4) is 0 Å². The second-order valence-electron chi connectivity index (χ2n) is 11.3. The SMILES string of the molecule is Cc1ccccc1[Si]1O[Si]O[Si]O[Si](c2ccccc2C)(c2ccccc2C)O[Si](c2ccccc2C)(c2ccccc2C)O1. The first-order valence-corrected chi connectivity index (χ1v) is 21.5. The van der Waals surface area contributed by atoms with Gasteiger partial charge in [-0.3, -0.25) is 0 Å². The second kappa shape index (κ2) is 13.8. The number of benzene rings is 5. The maximum atomic E-state index is 8.07. The Balaban J connectivity index is 1.74. The molecule has 1 aliphatic heterocycles. The Hall–Kier alpha value is -3.02. The van der Waals surface area contributed by atoms with E-state index in [1.807, 2.05) is 12.1 Å². The molecule has 5 radical (unpaired) electrons. The fraction of sp³-hybridized carbons (Fsp3) is 0.143. The van der Waals surface area contributed by atoms with Crippen LogP contribution in [0.15, 0.2) is 121 Å². The van der Waals surface area contributed by atoms with Crippen LogP contribution in [0.2, 0.25) is 0 Å². The standard InChI is InChI=1S/C35H35O5Si5/c1-26-16-6-11-21-31(26)43-37-41-36-42-38-44(32-22-12-7-17-27(32)2,33-23-13-8-18-28(33)3)40-45(39-43,34-24-14-9-19-29(34)4)35-25-15-10-20-30(35)5/h6-25H,1-5H3. The highest BCUT2D eigenvalue weighted by molar-refractivity contribution is 7.07. The third-order valence-electron chi connectivity index (χ3n) is 8.29. The zero-order chi connectivity index (χ0) is 31.4. The van der Waals surface area contributed by atoms with Gasteiger partial charge in [-0.2, -0.15) is 0 Å². The van der Waals surface area contributed by atoms with Gasteiger partial charge in [0.05, 0.1) is 0 Å². The Bertz CT molecular complexity index is 1710. The highest BCUT2D eigenvalue weighted by Gasteiger charge is 2.58. The summed E-state index contributed by atoms with van der Waals surface area (Å²) >= 11 is 0. The van der Waals surface area contributed by atoms with Gasteiger partial charge in [0.25, 0.3) is 0 Å². The van der Waals surface area contributed by atoms with Crippen molar-refractivity contribution in [3.63, 3.8) is 0 Å². The molecule has 0 atom stereocenters. The van der Waals surface area contributed by atoms with Gasteiger partial charge in [-0.05, 0) is 67.6 Å². The number of aryl methyl sites for hydroxylation is 5. The van der Waals surface area contributed by atoms with E-state index in [1.54, 1.807) is 0 Å². The van der Waals surface area contributed by atoms with E-state index in [0.717, 1.165) is 53.8 Å². The summed E-state index contributed by atoms with van der Waals surface area (Å²) in [5.41, 5.74) is 5.54. The molecule has 1 heterocycles. The normalized spacial score (nSPS) is 17.1. The molecule has 1 aliphatic rings. The van der Waals surface area contributed by atoms with Crippen LogP contribution in [0.4, 0.5) is 0 Å². The minimum Gasteiger partial charge on any atom is -0.412 e. The number of hydrogen-bond acceptors (Lipinski definition) is 5. The van der Waals surface area contributed by atoms with E-state index in [0.29, 0.717) is 0 Å². The molecule has 0 saturated carbocycles. The number of rotatable bonds is 5. The minimum absolute atomic E-state index is 0.247. The van der Waals surface area contributed by atoms with Crippen LogP contribution in [0.5, 0.6) is 0 Å². The molecule has 45 heavy (non-hydrogen) atoms. The molecule has 0 spiro atoms. The molecule has 225 valence electrons. The Kier molecular flexibility index (Phi) is 9.77. The summed E-state index contributed by atoms with van der Waals surface area (Å²) in [6.07, 6.45) is 0. The van der Waals surface area contributed by atoms with Crippen LogP contribution >= 0.6 is 0 Å². The van der Waals surface area contributed by atoms with E-state index in [-0.39, 0.29) is 20.0 Å². The zero-order valence-corrected chi connectivity index (χ0v) is 31.1. The van der Waals surface area contributed by atoms with Crippen LogP contribution in [0.25, 0.3) is 0 Å². The van der Waals surface area contributed by atoms with Crippen LogP contribution in [0.3, 0.4) is 0 Å². The van der Waals surface area contributed by atoms with Crippen molar-refractivity contribution in [2.75, 3.05) is 0 Å². The van der Waals surface area contributed by atoms with Gasteiger partial charge in [-0.25, -0.2) is 0 Å². The van der Waals surface area contributed by atoms with Gasteiger partial charge in [0, 0.05) is 20.7 Å². The van der Waals surface area contributed by atoms with Gasteiger partial charge < -0.3 is 20.6 Å². The van der Waals surface area contributed by atoms with Crippen molar-refractivity contribution in [2.45, 2.75) is 34.6 Å². The molecule has 0 amide bonds. The van der Waals surface area contributed by atoms with E-state index in [4.69, 9.17) is 20.6 Å². The van der Waals surface area contributed by atoms with E-state index in [2.05, 4.69) is 144 Å². The van der Waals surface area contributed by atoms with E-state index in [1.165, 1.54) is 0 Å². The predicted molar refractivity (Wildman–Crippen MR) is 188 cm³/mol. The lowest BCUT2D eigenvalue weighted by Crippen LogP contribution is -2.78. The summed E-state index contributed by atoms with van der Waals surface area (Å²) in [6.45, 7) is 10.7. The number of hydrogen-bond donors (Lipinski definition) is 0. The largest absolute Gasteiger partial charge is 0.413 e. The van der Waals surface area contributed by atoms with Crippen LogP contribution in [-0.4, -0.2) is 46.4 Å². The van der Waals surface area contributed by atoms with Gasteiger partial charge in [-0.15, -0.1) is 0 Å². The summed E-state index contributed by atoms with van der Waals surface area (Å²) in [7, 11) is -9.88. The predicted octanol–water partition coefficient (Wildman–Crippen LogP) is 3.60. The fourth-order valence-electron chi connectivity index (χ4n) is 5.96. The highest BCUT2D eigenvalue weighted by Crippen LogP contribution is 2.25. The van der Waals surface area contributed by atoms with Crippen molar-refractivity contribution < 1.29 is 20.6 Å². The van der Waals surface area contributed by atoms with E-state index < -0.39 is 26.4 Å². The molecule has 0 bridgehead atoms. The average molecular weight is 676 g/mol. The van der Waals surface area contributed by atoms with Gasteiger partial charge >= 0.3 is 46.4 Å². The van der Waals surface area contributed by atoms with Crippen LogP contribution in [0, 0.1) is 34.6 Å². The fourth-order valence-corrected chi connectivity index (χ4v) is 21.5. The molecule has 5 aromatic rings. The third kappa shape index (κ3) is 6.23. The first kappa shape index (κ1) is 31.9. The second-order valence-corrected chi connectivity index (χ2v) is 21.4. The molecule has 0 N–H and O–H groups in total. The molecule has 0 aliphatic carbocycles. The smallest absolute Gasteiger partial charge is 0.412 e. The van der Waals surface area contributed by atoms with Crippen LogP contribution in [0.1, 0.15) is 27.8 Å². The van der Waals surface area contributed by atoms with Crippen molar-refractivity contribution in [1.82, 2.24) is 0 Å². The lowest BCUT2D eigenvalue weighted by atomic mass is 10.2. The van der Waals surface area contributed by atoms with Crippen molar-refractivity contribution in [3.05, 3.63) is 149 Å². The van der Waals surface area contributed by atoms with Crippen molar-refractivity contribution >= 4 is 72.4 Å². The molecule has 0 unspecified atom stereocenters. The van der Waals surface area contributed by atoms with Gasteiger partial charge in [0.15, 0.2) is 0 Å². The Morgan fingerprint density at radius 1 is 0.467 bits per heavy atom. The quantitative estimate of drug-likeness (QED) is 0.267.